The highest BCUT2D eigenvalue weighted by Gasteiger charge is 2.32. The van der Waals surface area contributed by atoms with Crippen molar-refractivity contribution < 1.29 is 23.3 Å². The van der Waals surface area contributed by atoms with Crippen LogP contribution < -0.4 is 4.90 Å². The van der Waals surface area contributed by atoms with Crippen LogP contribution in [0.25, 0.3) is 0 Å². The molecule has 1 aromatic carbocycles. The zero-order valence-electron chi connectivity index (χ0n) is 8.85. The summed E-state index contributed by atoms with van der Waals surface area (Å²) in [5.74, 6) is -3.55. The normalized spacial score (nSPS) is 15.3. The number of hydrogen-bond acceptors (Lipinski definition) is 4. The SMILES string of the molecule is O=C1CC(=O)N(c2cc([N+](=O)[O-])c(F)cc2F)C1. The molecule has 0 aromatic heterocycles. The van der Waals surface area contributed by atoms with Crippen LogP contribution in [0.3, 0.4) is 0 Å². The molecule has 0 aliphatic carbocycles. The number of halogens is 2. The Kier molecular flexibility index (Phi) is 2.77. The maximum absolute atomic E-state index is 13.5. The van der Waals surface area contributed by atoms with Gasteiger partial charge >= 0.3 is 5.69 Å². The first-order valence-electron chi connectivity index (χ1n) is 4.85. The zero-order chi connectivity index (χ0) is 13.4. The fraction of sp³-hybridized carbons (Fsp3) is 0.200. The first-order chi connectivity index (χ1) is 8.40. The van der Waals surface area contributed by atoms with E-state index >= 15 is 0 Å². The predicted molar refractivity (Wildman–Crippen MR) is 55.0 cm³/mol. The van der Waals surface area contributed by atoms with Gasteiger partial charge in [0.05, 0.1) is 23.6 Å². The number of benzene rings is 1. The van der Waals surface area contributed by atoms with Crippen LogP contribution in [0.5, 0.6) is 0 Å². The highest BCUT2D eigenvalue weighted by molar-refractivity contribution is 6.15. The van der Waals surface area contributed by atoms with Crippen LogP contribution in [-0.4, -0.2) is 23.2 Å². The van der Waals surface area contributed by atoms with Crippen molar-refractivity contribution in [3.05, 3.63) is 33.9 Å². The van der Waals surface area contributed by atoms with Gasteiger partial charge in [0.1, 0.15) is 5.82 Å². The average Bonchev–Trinajstić information content (AvgIpc) is 2.57. The van der Waals surface area contributed by atoms with Crippen LogP contribution in [0, 0.1) is 21.7 Å². The summed E-state index contributed by atoms with van der Waals surface area (Å²) >= 11 is 0. The van der Waals surface area contributed by atoms with Gasteiger partial charge in [-0.15, -0.1) is 0 Å². The predicted octanol–water partition coefficient (Wildman–Crippen LogP) is 1.18. The fourth-order valence-electron chi connectivity index (χ4n) is 1.68. The Morgan fingerprint density at radius 2 is 1.89 bits per heavy atom. The molecule has 0 saturated carbocycles. The number of nitrogens with zero attached hydrogens (tertiary/aromatic N) is 2. The van der Waals surface area contributed by atoms with Crippen LogP contribution in [0.4, 0.5) is 20.2 Å². The summed E-state index contributed by atoms with van der Waals surface area (Å²) in [5, 5.41) is 10.5. The molecule has 8 heteroatoms. The molecule has 94 valence electrons. The molecule has 0 atom stereocenters. The van der Waals surface area contributed by atoms with Crippen molar-refractivity contribution in [1.82, 2.24) is 0 Å². The summed E-state index contributed by atoms with van der Waals surface area (Å²) in [5.41, 5.74) is -1.41. The minimum atomic E-state index is -1.33. The first kappa shape index (κ1) is 12.1. The number of rotatable bonds is 2. The van der Waals surface area contributed by atoms with Crippen LogP contribution in [-0.2, 0) is 9.59 Å². The smallest absolute Gasteiger partial charge is 0.302 e. The Labute approximate surface area is 99.0 Å². The third-order valence-electron chi connectivity index (χ3n) is 2.49. The summed E-state index contributed by atoms with van der Waals surface area (Å²) in [6.07, 6.45) is -0.384. The number of hydrogen-bond donors (Lipinski definition) is 0. The number of ketones is 1. The van der Waals surface area contributed by atoms with Crippen LogP contribution >= 0.6 is 0 Å². The number of amides is 1. The first-order valence-corrected chi connectivity index (χ1v) is 4.85. The van der Waals surface area contributed by atoms with E-state index in [1.54, 1.807) is 0 Å². The fourth-order valence-corrected chi connectivity index (χ4v) is 1.68. The second kappa shape index (κ2) is 4.13. The lowest BCUT2D eigenvalue weighted by Crippen LogP contribution is -2.25. The van der Waals surface area contributed by atoms with E-state index in [-0.39, 0.29) is 13.0 Å². The van der Waals surface area contributed by atoms with Crippen molar-refractivity contribution in [3.63, 3.8) is 0 Å². The van der Waals surface area contributed by atoms with E-state index in [1.165, 1.54) is 0 Å². The molecule has 1 aliphatic heterocycles. The van der Waals surface area contributed by atoms with Gasteiger partial charge in [0.2, 0.25) is 11.7 Å². The number of anilines is 1. The molecule has 2 rings (SSSR count). The maximum atomic E-state index is 13.5. The second-order valence-electron chi connectivity index (χ2n) is 3.71. The lowest BCUT2D eigenvalue weighted by molar-refractivity contribution is -0.387. The summed E-state index contributed by atoms with van der Waals surface area (Å²) in [7, 11) is 0. The molecular formula is C10H6F2N2O4. The minimum Gasteiger partial charge on any atom is -0.302 e. The van der Waals surface area contributed by atoms with Crippen LogP contribution in [0.2, 0.25) is 0 Å². The molecule has 1 saturated heterocycles. The topological polar surface area (TPSA) is 80.5 Å². The highest BCUT2D eigenvalue weighted by atomic mass is 19.1. The number of carbonyl (C=O) groups excluding carboxylic acids is 2. The van der Waals surface area contributed by atoms with Crippen molar-refractivity contribution in [2.24, 2.45) is 0 Å². The van der Waals surface area contributed by atoms with Crippen molar-refractivity contribution in [2.45, 2.75) is 6.42 Å². The number of nitro groups is 1. The van der Waals surface area contributed by atoms with Gasteiger partial charge < -0.3 is 4.90 Å². The molecule has 0 bridgehead atoms. The van der Waals surface area contributed by atoms with Gasteiger partial charge in [0, 0.05) is 12.1 Å². The Bertz CT molecular complexity index is 573. The molecule has 1 fully saturated rings. The Morgan fingerprint density at radius 1 is 1.22 bits per heavy atom. The molecule has 1 aliphatic rings. The molecule has 1 heterocycles. The quantitative estimate of drug-likeness (QED) is 0.452. The Morgan fingerprint density at radius 3 is 2.39 bits per heavy atom. The van der Waals surface area contributed by atoms with E-state index in [2.05, 4.69) is 0 Å². The largest absolute Gasteiger partial charge is 0.307 e. The molecular weight excluding hydrogens is 250 g/mol. The van der Waals surface area contributed by atoms with Gasteiger partial charge in [-0.2, -0.15) is 4.39 Å². The lowest BCUT2D eigenvalue weighted by Gasteiger charge is -2.15. The van der Waals surface area contributed by atoms with Crippen molar-refractivity contribution in [3.8, 4) is 0 Å². The standard InChI is InChI=1S/C10H6F2N2O4/c11-6-2-7(12)9(14(17)18)3-8(6)13-4-5(15)1-10(13)16/h2-3H,1,4H2. The van der Waals surface area contributed by atoms with Crippen molar-refractivity contribution >= 4 is 23.1 Å². The highest BCUT2D eigenvalue weighted by Crippen LogP contribution is 2.29. The molecule has 0 N–H and O–H groups in total. The van der Waals surface area contributed by atoms with E-state index in [0.717, 1.165) is 4.90 Å². The Hall–Kier alpha value is -2.38. The lowest BCUT2D eigenvalue weighted by atomic mass is 10.2. The van der Waals surface area contributed by atoms with Crippen LogP contribution in [0.15, 0.2) is 12.1 Å². The molecule has 18 heavy (non-hydrogen) atoms. The molecule has 6 nitrogen and oxygen atoms in total. The van der Waals surface area contributed by atoms with Gasteiger partial charge in [-0.25, -0.2) is 4.39 Å². The molecule has 1 amide bonds. The van der Waals surface area contributed by atoms with Gasteiger partial charge in [-0.05, 0) is 0 Å². The van der Waals surface area contributed by atoms with Crippen molar-refractivity contribution in [2.75, 3.05) is 11.4 Å². The third-order valence-corrected chi connectivity index (χ3v) is 2.49. The third kappa shape index (κ3) is 1.92. The summed E-state index contributed by atoms with van der Waals surface area (Å²) < 4.78 is 26.6. The number of Topliss-reactive ketones (excluding diaryl/α,β-unsaturated/α-hetero) is 1. The minimum absolute atomic E-state index is 0.323. The van der Waals surface area contributed by atoms with E-state index in [0.29, 0.717) is 12.1 Å². The molecule has 0 radical (unpaired) electrons. The van der Waals surface area contributed by atoms with Gasteiger partial charge in [0.15, 0.2) is 5.78 Å². The van der Waals surface area contributed by atoms with E-state index in [1.807, 2.05) is 0 Å². The van der Waals surface area contributed by atoms with E-state index in [9.17, 15) is 28.5 Å². The monoisotopic (exact) mass is 256 g/mol. The van der Waals surface area contributed by atoms with Crippen molar-refractivity contribution in [1.29, 1.82) is 0 Å². The molecule has 1 aromatic rings. The maximum Gasteiger partial charge on any atom is 0.307 e. The van der Waals surface area contributed by atoms with Gasteiger partial charge in [-0.1, -0.05) is 0 Å². The second-order valence-corrected chi connectivity index (χ2v) is 3.71. The zero-order valence-corrected chi connectivity index (χ0v) is 8.85. The van der Waals surface area contributed by atoms with Crippen LogP contribution in [0.1, 0.15) is 6.42 Å². The number of nitro benzene ring substituents is 1. The average molecular weight is 256 g/mol. The molecule has 0 unspecified atom stereocenters. The summed E-state index contributed by atoms with van der Waals surface area (Å²) in [6, 6.07) is 0.935. The summed E-state index contributed by atoms with van der Waals surface area (Å²) in [4.78, 5) is 32.7. The van der Waals surface area contributed by atoms with E-state index < -0.39 is 39.6 Å². The summed E-state index contributed by atoms with van der Waals surface area (Å²) in [6.45, 7) is -0.363. The van der Waals surface area contributed by atoms with Gasteiger partial charge in [-0.3, -0.25) is 19.7 Å². The van der Waals surface area contributed by atoms with Gasteiger partial charge in [0.25, 0.3) is 0 Å². The Balaban J connectivity index is 2.51. The van der Waals surface area contributed by atoms with E-state index in [4.69, 9.17) is 0 Å². The number of carbonyl (C=O) groups is 2. The molecule has 0 spiro atoms.